The van der Waals surface area contributed by atoms with E-state index >= 15 is 0 Å². The average molecular weight is 285 g/mol. The number of rotatable bonds is 5. The van der Waals surface area contributed by atoms with Crippen LogP contribution in [0.5, 0.6) is 0 Å². The summed E-state index contributed by atoms with van der Waals surface area (Å²) in [4.78, 5) is 16.2. The Bertz CT molecular complexity index is 355. The largest absolute Gasteiger partial charge is 0.352 e. The van der Waals surface area contributed by atoms with Crippen molar-refractivity contribution in [1.29, 1.82) is 0 Å². The van der Waals surface area contributed by atoms with Gasteiger partial charge in [0.2, 0.25) is 0 Å². The molecule has 0 aliphatic rings. The van der Waals surface area contributed by atoms with Gasteiger partial charge in [0.25, 0.3) is 5.91 Å². The number of nitrogens with zero attached hydrogens (tertiary/aromatic N) is 1. The van der Waals surface area contributed by atoms with Crippen molar-refractivity contribution in [3.63, 3.8) is 0 Å². The van der Waals surface area contributed by atoms with Crippen LogP contribution in [-0.4, -0.2) is 22.3 Å². The molecule has 1 aromatic heterocycles. The topological polar surface area (TPSA) is 42.0 Å². The molecule has 0 fully saturated rings. The Morgan fingerprint density at radius 3 is 2.94 bits per heavy atom. The quantitative estimate of drug-likeness (QED) is 0.845. The zero-order chi connectivity index (χ0) is 12.0. The van der Waals surface area contributed by atoms with E-state index in [0.29, 0.717) is 16.9 Å². The van der Waals surface area contributed by atoms with E-state index < -0.39 is 0 Å². The van der Waals surface area contributed by atoms with Crippen LogP contribution in [0.1, 0.15) is 35.7 Å². The van der Waals surface area contributed by atoms with Crippen LogP contribution in [-0.2, 0) is 0 Å². The molecule has 0 bridgehead atoms. The number of aryl methyl sites for hydroxylation is 1. The first kappa shape index (κ1) is 13.2. The predicted molar refractivity (Wildman–Crippen MR) is 68.9 cm³/mol. The van der Waals surface area contributed by atoms with Crippen molar-refractivity contribution < 1.29 is 4.79 Å². The molecule has 1 aromatic rings. The van der Waals surface area contributed by atoms with Gasteiger partial charge < -0.3 is 5.32 Å². The van der Waals surface area contributed by atoms with Crippen LogP contribution < -0.4 is 5.32 Å². The second-order valence-corrected chi connectivity index (χ2v) is 5.10. The lowest BCUT2D eigenvalue weighted by Crippen LogP contribution is -2.26. The third-order valence-corrected chi connectivity index (χ3v) is 3.43. The van der Waals surface area contributed by atoms with Crippen LogP contribution in [0.3, 0.4) is 0 Å². The molecule has 1 unspecified atom stereocenters. The number of carbonyl (C=O) groups excluding carboxylic acids is 1. The van der Waals surface area contributed by atoms with E-state index in [4.69, 9.17) is 0 Å². The molecule has 0 aromatic carbocycles. The van der Waals surface area contributed by atoms with Gasteiger partial charge in [-0.25, -0.2) is 0 Å². The number of carbonyl (C=O) groups is 1. The highest BCUT2D eigenvalue weighted by Gasteiger charge is 2.06. The molecule has 1 rings (SSSR count). The molecule has 3 nitrogen and oxygen atoms in total. The van der Waals surface area contributed by atoms with Crippen LogP contribution in [0.4, 0.5) is 0 Å². The highest BCUT2D eigenvalue weighted by molar-refractivity contribution is 9.09. The second-order valence-electron chi connectivity index (χ2n) is 3.80. The molecule has 1 atom stereocenters. The standard InChI is InChI=1S/C12H17BrN2O/c1-3-11(13)4-5-15-12(16)10-6-9(2)7-14-8-10/h6-8,11H,3-5H2,1-2H3,(H,15,16). The first-order valence-corrected chi connectivity index (χ1v) is 6.39. The van der Waals surface area contributed by atoms with Gasteiger partial charge in [-0.3, -0.25) is 9.78 Å². The van der Waals surface area contributed by atoms with Gasteiger partial charge in [0.1, 0.15) is 0 Å². The van der Waals surface area contributed by atoms with E-state index in [2.05, 4.69) is 33.2 Å². The summed E-state index contributed by atoms with van der Waals surface area (Å²) in [5.41, 5.74) is 1.63. The normalized spacial score (nSPS) is 12.2. The fraction of sp³-hybridized carbons (Fsp3) is 0.500. The molecule has 0 radical (unpaired) electrons. The van der Waals surface area contributed by atoms with Crippen molar-refractivity contribution in [2.75, 3.05) is 6.54 Å². The van der Waals surface area contributed by atoms with E-state index in [1.165, 1.54) is 0 Å². The monoisotopic (exact) mass is 284 g/mol. The van der Waals surface area contributed by atoms with E-state index in [0.717, 1.165) is 18.4 Å². The van der Waals surface area contributed by atoms with Gasteiger partial charge in [0.05, 0.1) is 5.56 Å². The maximum Gasteiger partial charge on any atom is 0.252 e. The molecular weight excluding hydrogens is 268 g/mol. The van der Waals surface area contributed by atoms with E-state index in [1.807, 2.05) is 13.0 Å². The lowest BCUT2D eigenvalue weighted by atomic mass is 10.2. The minimum absolute atomic E-state index is 0.0491. The molecule has 88 valence electrons. The number of amides is 1. The summed E-state index contributed by atoms with van der Waals surface area (Å²) < 4.78 is 0. The number of aromatic nitrogens is 1. The van der Waals surface area contributed by atoms with Gasteiger partial charge in [-0.15, -0.1) is 0 Å². The third kappa shape index (κ3) is 4.31. The Morgan fingerprint density at radius 1 is 1.56 bits per heavy atom. The highest BCUT2D eigenvalue weighted by Crippen LogP contribution is 2.08. The minimum atomic E-state index is -0.0491. The maximum absolute atomic E-state index is 11.7. The Morgan fingerprint density at radius 2 is 2.31 bits per heavy atom. The Balaban J connectivity index is 2.41. The molecule has 0 spiro atoms. The predicted octanol–water partition coefficient (Wildman–Crippen LogP) is 2.68. The molecular formula is C12H17BrN2O. The summed E-state index contributed by atoms with van der Waals surface area (Å²) in [6, 6.07) is 1.84. The van der Waals surface area contributed by atoms with Crippen molar-refractivity contribution >= 4 is 21.8 Å². The van der Waals surface area contributed by atoms with Crippen molar-refractivity contribution in [1.82, 2.24) is 10.3 Å². The minimum Gasteiger partial charge on any atom is -0.352 e. The lowest BCUT2D eigenvalue weighted by Gasteiger charge is -2.08. The Labute approximate surface area is 105 Å². The number of alkyl halides is 1. The number of pyridine rings is 1. The fourth-order valence-electron chi connectivity index (χ4n) is 1.33. The van der Waals surface area contributed by atoms with Crippen LogP contribution >= 0.6 is 15.9 Å². The zero-order valence-corrected chi connectivity index (χ0v) is 11.3. The van der Waals surface area contributed by atoms with Crippen LogP contribution in [0, 0.1) is 6.92 Å². The number of hydrogen-bond acceptors (Lipinski definition) is 2. The number of hydrogen-bond donors (Lipinski definition) is 1. The highest BCUT2D eigenvalue weighted by atomic mass is 79.9. The van der Waals surface area contributed by atoms with Crippen molar-refractivity contribution in [3.8, 4) is 0 Å². The number of halogens is 1. The maximum atomic E-state index is 11.7. The zero-order valence-electron chi connectivity index (χ0n) is 9.66. The van der Waals surface area contributed by atoms with Crippen molar-refractivity contribution in [3.05, 3.63) is 29.6 Å². The molecule has 1 N–H and O–H groups in total. The molecule has 0 aliphatic heterocycles. The SMILES string of the molecule is CCC(Br)CCNC(=O)c1cncc(C)c1. The molecule has 1 amide bonds. The van der Waals surface area contributed by atoms with Crippen LogP contribution in [0.15, 0.2) is 18.5 Å². The van der Waals surface area contributed by atoms with Crippen molar-refractivity contribution in [2.45, 2.75) is 31.5 Å². The van der Waals surface area contributed by atoms with Gasteiger partial charge in [0, 0.05) is 23.8 Å². The molecule has 0 saturated heterocycles. The van der Waals surface area contributed by atoms with Gasteiger partial charge in [-0.1, -0.05) is 22.9 Å². The molecule has 16 heavy (non-hydrogen) atoms. The van der Waals surface area contributed by atoms with Gasteiger partial charge >= 0.3 is 0 Å². The van der Waals surface area contributed by atoms with E-state index in [9.17, 15) is 4.79 Å². The van der Waals surface area contributed by atoms with Gasteiger partial charge in [0.15, 0.2) is 0 Å². The number of nitrogens with one attached hydrogen (secondary N) is 1. The van der Waals surface area contributed by atoms with E-state index in [1.54, 1.807) is 12.4 Å². The molecule has 4 heteroatoms. The van der Waals surface area contributed by atoms with Gasteiger partial charge in [-0.2, -0.15) is 0 Å². The smallest absolute Gasteiger partial charge is 0.252 e. The third-order valence-electron chi connectivity index (χ3n) is 2.32. The molecule has 1 heterocycles. The summed E-state index contributed by atoms with van der Waals surface area (Å²) in [6.07, 6.45) is 5.35. The Kier molecular flexibility index (Phi) is 5.46. The summed E-state index contributed by atoms with van der Waals surface area (Å²) in [6.45, 7) is 4.73. The lowest BCUT2D eigenvalue weighted by molar-refractivity contribution is 0.0953. The summed E-state index contributed by atoms with van der Waals surface area (Å²) >= 11 is 3.53. The van der Waals surface area contributed by atoms with Crippen LogP contribution in [0.2, 0.25) is 0 Å². The van der Waals surface area contributed by atoms with Gasteiger partial charge in [-0.05, 0) is 31.4 Å². The second kappa shape index (κ2) is 6.63. The summed E-state index contributed by atoms with van der Waals surface area (Å²) in [5, 5.41) is 2.88. The average Bonchev–Trinajstić information content (AvgIpc) is 2.28. The van der Waals surface area contributed by atoms with E-state index in [-0.39, 0.29) is 5.91 Å². The summed E-state index contributed by atoms with van der Waals surface area (Å²) in [5.74, 6) is -0.0491. The first-order chi connectivity index (χ1) is 7.63. The first-order valence-electron chi connectivity index (χ1n) is 5.47. The van der Waals surface area contributed by atoms with Crippen molar-refractivity contribution in [2.24, 2.45) is 0 Å². The Hall–Kier alpha value is -0.900. The molecule has 0 aliphatic carbocycles. The molecule has 0 saturated carbocycles. The van der Waals surface area contributed by atoms with Crippen LogP contribution in [0.25, 0.3) is 0 Å². The summed E-state index contributed by atoms with van der Waals surface area (Å²) in [7, 11) is 0. The fourth-order valence-corrected chi connectivity index (χ4v) is 1.56.